The number of hydrogen-bond acceptors (Lipinski definition) is 1. The standard InChI is InChI=1S/C16H12FNOSe/c17-13-8-6-11(7-9-13)14-10-15(19)18-16(20-14)12-4-2-1-3-5-12/h1-9,14H,10H2/t14-/m1/s1. The summed E-state index contributed by atoms with van der Waals surface area (Å²) in [5.41, 5.74) is 2.02. The fourth-order valence-electron chi connectivity index (χ4n) is 2.10. The molecule has 20 heavy (non-hydrogen) atoms. The average molecular weight is 332 g/mol. The van der Waals surface area contributed by atoms with Gasteiger partial charge in [-0.2, -0.15) is 0 Å². The van der Waals surface area contributed by atoms with E-state index < -0.39 is 0 Å². The van der Waals surface area contributed by atoms with E-state index in [1.807, 2.05) is 30.3 Å². The number of amides is 1. The van der Waals surface area contributed by atoms with Crippen molar-refractivity contribution in [1.82, 2.24) is 0 Å². The number of benzene rings is 2. The maximum atomic E-state index is 13.0. The molecule has 3 rings (SSSR count). The topological polar surface area (TPSA) is 29.4 Å². The van der Waals surface area contributed by atoms with Crippen molar-refractivity contribution in [3.63, 3.8) is 0 Å². The molecule has 2 aromatic carbocycles. The van der Waals surface area contributed by atoms with Crippen molar-refractivity contribution in [2.24, 2.45) is 4.99 Å². The van der Waals surface area contributed by atoms with Crippen LogP contribution in [0.3, 0.4) is 0 Å². The Morgan fingerprint density at radius 1 is 1.05 bits per heavy atom. The van der Waals surface area contributed by atoms with Crippen LogP contribution in [-0.4, -0.2) is 25.5 Å². The normalized spacial score (nSPS) is 18.8. The summed E-state index contributed by atoms with van der Waals surface area (Å²) in [4.78, 5) is 16.2. The molecular weight excluding hydrogens is 320 g/mol. The van der Waals surface area contributed by atoms with Crippen LogP contribution in [0.5, 0.6) is 0 Å². The van der Waals surface area contributed by atoms with Crippen molar-refractivity contribution < 1.29 is 9.18 Å². The molecule has 0 radical (unpaired) electrons. The molecule has 1 aliphatic heterocycles. The Bertz CT molecular complexity index is 652. The van der Waals surface area contributed by atoms with E-state index in [1.165, 1.54) is 12.1 Å². The third-order valence-electron chi connectivity index (χ3n) is 3.10. The summed E-state index contributed by atoms with van der Waals surface area (Å²) >= 11 is 0.0765. The average Bonchev–Trinajstić information content (AvgIpc) is 2.48. The van der Waals surface area contributed by atoms with Crippen molar-refractivity contribution in [3.05, 3.63) is 71.5 Å². The van der Waals surface area contributed by atoms with Crippen LogP contribution >= 0.6 is 0 Å². The van der Waals surface area contributed by atoms with Gasteiger partial charge in [0.05, 0.1) is 0 Å². The van der Waals surface area contributed by atoms with Gasteiger partial charge in [-0.1, -0.05) is 0 Å². The Balaban J connectivity index is 1.89. The maximum absolute atomic E-state index is 13.0. The second-order valence-corrected chi connectivity index (χ2v) is 7.04. The van der Waals surface area contributed by atoms with E-state index in [4.69, 9.17) is 0 Å². The molecule has 1 atom stereocenters. The quantitative estimate of drug-likeness (QED) is 0.778. The first-order chi connectivity index (χ1) is 9.72. The number of aliphatic imine (C=N–C) groups is 1. The molecule has 1 aliphatic rings. The van der Waals surface area contributed by atoms with Gasteiger partial charge >= 0.3 is 122 Å². The van der Waals surface area contributed by atoms with Gasteiger partial charge in [0, 0.05) is 0 Å². The second-order valence-electron chi connectivity index (χ2n) is 4.54. The zero-order chi connectivity index (χ0) is 13.9. The number of carbonyl (C=O) groups is 1. The summed E-state index contributed by atoms with van der Waals surface area (Å²) < 4.78 is 13.9. The van der Waals surface area contributed by atoms with Crippen LogP contribution in [0.25, 0.3) is 0 Å². The first-order valence-corrected chi connectivity index (χ1v) is 8.16. The molecule has 0 fully saturated rings. The number of halogens is 1. The van der Waals surface area contributed by atoms with Gasteiger partial charge < -0.3 is 0 Å². The molecule has 0 N–H and O–H groups in total. The molecule has 1 heterocycles. The molecular formula is C16H12FNOSe. The van der Waals surface area contributed by atoms with Crippen LogP contribution in [-0.2, 0) is 4.79 Å². The van der Waals surface area contributed by atoms with Crippen LogP contribution in [0.4, 0.5) is 4.39 Å². The predicted octanol–water partition coefficient (Wildman–Crippen LogP) is 2.95. The Morgan fingerprint density at radius 2 is 1.75 bits per heavy atom. The van der Waals surface area contributed by atoms with Gasteiger partial charge in [0.1, 0.15) is 0 Å². The van der Waals surface area contributed by atoms with Gasteiger partial charge in [0.15, 0.2) is 0 Å². The van der Waals surface area contributed by atoms with Crippen LogP contribution in [0.1, 0.15) is 22.4 Å². The minimum atomic E-state index is -0.250. The second kappa shape index (κ2) is 5.69. The van der Waals surface area contributed by atoms with Crippen molar-refractivity contribution in [2.75, 3.05) is 0 Å². The Hall–Kier alpha value is -1.77. The SMILES string of the molecule is O=C1C[C@H](c2ccc(F)cc2)[Se]C(c2ccccc2)=N1. The third kappa shape index (κ3) is 2.87. The van der Waals surface area contributed by atoms with E-state index in [0.717, 1.165) is 15.7 Å². The Labute approximate surface area is 122 Å². The zero-order valence-corrected chi connectivity index (χ0v) is 12.3. The van der Waals surface area contributed by atoms with Crippen molar-refractivity contribution in [1.29, 1.82) is 0 Å². The zero-order valence-electron chi connectivity index (χ0n) is 10.6. The van der Waals surface area contributed by atoms with E-state index >= 15 is 0 Å². The molecule has 1 amide bonds. The molecule has 0 aromatic heterocycles. The number of rotatable bonds is 2. The molecule has 0 unspecified atom stereocenters. The molecule has 4 heteroatoms. The van der Waals surface area contributed by atoms with Gasteiger partial charge in [-0.3, -0.25) is 0 Å². The minimum absolute atomic E-state index is 0.0765. The number of nitrogens with zero attached hydrogens (tertiary/aromatic N) is 1. The van der Waals surface area contributed by atoms with Gasteiger partial charge in [-0.15, -0.1) is 0 Å². The van der Waals surface area contributed by atoms with Crippen molar-refractivity contribution >= 4 is 25.5 Å². The number of hydrogen-bond donors (Lipinski definition) is 0. The summed E-state index contributed by atoms with van der Waals surface area (Å²) in [5.74, 6) is -0.341. The third-order valence-corrected chi connectivity index (χ3v) is 5.77. The van der Waals surface area contributed by atoms with Gasteiger partial charge in [-0.25, -0.2) is 0 Å². The van der Waals surface area contributed by atoms with E-state index in [-0.39, 0.29) is 31.5 Å². The molecule has 2 nitrogen and oxygen atoms in total. The summed E-state index contributed by atoms with van der Waals surface area (Å²) in [6, 6.07) is 16.2. The van der Waals surface area contributed by atoms with Crippen LogP contribution in [0.15, 0.2) is 59.6 Å². The van der Waals surface area contributed by atoms with E-state index in [1.54, 1.807) is 12.1 Å². The molecule has 2 aromatic rings. The monoisotopic (exact) mass is 333 g/mol. The van der Waals surface area contributed by atoms with Crippen LogP contribution < -0.4 is 0 Å². The van der Waals surface area contributed by atoms with E-state index in [9.17, 15) is 9.18 Å². The fourth-order valence-corrected chi connectivity index (χ4v) is 4.65. The Kier molecular flexibility index (Phi) is 3.77. The molecule has 0 bridgehead atoms. The van der Waals surface area contributed by atoms with Gasteiger partial charge in [0.2, 0.25) is 0 Å². The van der Waals surface area contributed by atoms with Crippen molar-refractivity contribution in [3.8, 4) is 0 Å². The number of carbonyl (C=O) groups excluding carboxylic acids is 1. The molecule has 0 spiro atoms. The summed E-state index contributed by atoms with van der Waals surface area (Å²) in [5, 5.41) is 0. The van der Waals surface area contributed by atoms with E-state index in [2.05, 4.69) is 4.99 Å². The van der Waals surface area contributed by atoms with Crippen LogP contribution in [0.2, 0.25) is 0 Å². The summed E-state index contributed by atoms with van der Waals surface area (Å²) in [7, 11) is 0. The first-order valence-electron chi connectivity index (χ1n) is 6.31. The fraction of sp³-hybridized carbons (Fsp3) is 0.125. The molecule has 100 valence electrons. The summed E-state index contributed by atoms with van der Waals surface area (Å²) in [6.07, 6.45) is 0.419. The first kappa shape index (κ1) is 13.2. The van der Waals surface area contributed by atoms with Crippen LogP contribution in [0, 0.1) is 5.82 Å². The van der Waals surface area contributed by atoms with Gasteiger partial charge in [0.25, 0.3) is 0 Å². The van der Waals surface area contributed by atoms with E-state index in [0.29, 0.717) is 6.42 Å². The molecule has 0 aliphatic carbocycles. The molecule has 0 saturated heterocycles. The van der Waals surface area contributed by atoms with Crippen molar-refractivity contribution in [2.45, 2.75) is 11.2 Å². The summed E-state index contributed by atoms with van der Waals surface area (Å²) in [6.45, 7) is 0. The molecule has 0 saturated carbocycles. The van der Waals surface area contributed by atoms with Gasteiger partial charge in [-0.05, 0) is 0 Å². The Morgan fingerprint density at radius 3 is 2.45 bits per heavy atom. The predicted molar refractivity (Wildman–Crippen MR) is 77.5 cm³/mol.